The molecule has 154 valence electrons. The first-order valence-electron chi connectivity index (χ1n) is 9.56. The summed E-state index contributed by atoms with van der Waals surface area (Å²) in [6, 6.07) is 9.50. The minimum absolute atomic E-state index is 0.0869. The van der Waals surface area contributed by atoms with E-state index in [1.807, 2.05) is 0 Å². The number of morpholine rings is 1. The quantitative estimate of drug-likeness (QED) is 0.805. The minimum atomic E-state index is -0.288. The minimum Gasteiger partial charge on any atom is -0.486 e. The SMILES string of the molecule is O=C(NCC(c1ccc(F)cc1)N1CCOCC1)c1cc(Cl)c2c(c1)OCCO2. The molecule has 4 rings (SSSR count). The molecule has 1 amide bonds. The number of benzene rings is 2. The van der Waals surface area contributed by atoms with Crippen LogP contribution in [0.15, 0.2) is 36.4 Å². The van der Waals surface area contributed by atoms with Gasteiger partial charge in [-0.15, -0.1) is 0 Å². The molecule has 1 fully saturated rings. The van der Waals surface area contributed by atoms with Crippen LogP contribution in [0.25, 0.3) is 0 Å². The third-order valence-corrected chi connectivity index (χ3v) is 5.34. The highest BCUT2D eigenvalue weighted by atomic mass is 35.5. The van der Waals surface area contributed by atoms with Gasteiger partial charge in [0.15, 0.2) is 11.5 Å². The lowest BCUT2D eigenvalue weighted by Gasteiger charge is -2.35. The standard InChI is InChI=1S/C21H22ClFN2O4/c22-17-11-15(12-19-20(17)29-10-9-28-19)21(26)24-13-18(25-5-7-27-8-6-25)14-1-3-16(23)4-2-14/h1-4,11-12,18H,5-10,13H2,(H,24,26). The van der Waals surface area contributed by atoms with Gasteiger partial charge in [-0.3, -0.25) is 9.69 Å². The summed E-state index contributed by atoms with van der Waals surface area (Å²) in [5.41, 5.74) is 1.34. The molecule has 0 spiro atoms. The Hall–Kier alpha value is -2.35. The van der Waals surface area contributed by atoms with Crippen LogP contribution in [0.3, 0.4) is 0 Å². The number of halogens is 2. The Kier molecular flexibility index (Phi) is 6.18. The van der Waals surface area contributed by atoms with Crippen molar-refractivity contribution >= 4 is 17.5 Å². The Labute approximate surface area is 173 Å². The van der Waals surface area contributed by atoms with E-state index in [4.69, 9.17) is 25.8 Å². The summed E-state index contributed by atoms with van der Waals surface area (Å²) in [7, 11) is 0. The fourth-order valence-corrected chi connectivity index (χ4v) is 3.83. The molecule has 6 nitrogen and oxygen atoms in total. The summed E-state index contributed by atoms with van der Waals surface area (Å²) in [5, 5.41) is 3.32. The smallest absolute Gasteiger partial charge is 0.251 e. The molecule has 1 saturated heterocycles. The maximum absolute atomic E-state index is 13.4. The summed E-state index contributed by atoms with van der Waals surface area (Å²) in [4.78, 5) is 15.0. The summed E-state index contributed by atoms with van der Waals surface area (Å²) >= 11 is 6.24. The van der Waals surface area contributed by atoms with Crippen molar-refractivity contribution in [3.8, 4) is 11.5 Å². The number of carbonyl (C=O) groups is 1. The first-order valence-corrected chi connectivity index (χ1v) is 9.94. The third kappa shape index (κ3) is 4.63. The molecule has 2 aromatic rings. The Morgan fingerprint density at radius 3 is 2.59 bits per heavy atom. The monoisotopic (exact) mass is 420 g/mol. The second-order valence-corrected chi connectivity index (χ2v) is 7.32. The summed E-state index contributed by atoms with van der Waals surface area (Å²) in [6.45, 7) is 3.96. The number of amides is 1. The maximum atomic E-state index is 13.4. The van der Waals surface area contributed by atoms with Crippen LogP contribution in [0.4, 0.5) is 4.39 Å². The van der Waals surface area contributed by atoms with Gasteiger partial charge in [-0.1, -0.05) is 23.7 Å². The zero-order valence-corrected chi connectivity index (χ0v) is 16.6. The van der Waals surface area contributed by atoms with Crippen molar-refractivity contribution in [2.75, 3.05) is 46.1 Å². The van der Waals surface area contributed by atoms with Crippen molar-refractivity contribution in [3.05, 3.63) is 58.4 Å². The van der Waals surface area contributed by atoms with Gasteiger partial charge < -0.3 is 19.5 Å². The van der Waals surface area contributed by atoms with E-state index in [2.05, 4.69) is 10.2 Å². The van der Waals surface area contributed by atoms with E-state index in [1.54, 1.807) is 24.3 Å². The molecule has 2 aliphatic rings. The van der Waals surface area contributed by atoms with Crippen LogP contribution < -0.4 is 14.8 Å². The zero-order chi connectivity index (χ0) is 20.2. The van der Waals surface area contributed by atoms with Crippen LogP contribution in [0.1, 0.15) is 22.0 Å². The largest absolute Gasteiger partial charge is 0.486 e. The van der Waals surface area contributed by atoms with Gasteiger partial charge in [0.25, 0.3) is 5.91 Å². The number of fused-ring (bicyclic) bond motifs is 1. The van der Waals surface area contributed by atoms with Gasteiger partial charge >= 0.3 is 0 Å². The molecule has 1 unspecified atom stereocenters. The van der Waals surface area contributed by atoms with Crippen LogP contribution in [0.5, 0.6) is 11.5 Å². The van der Waals surface area contributed by atoms with E-state index < -0.39 is 0 Å². The number of rotatable bonds is 5. The highest BCUT2D eigenvalue weighted by Gasteiger charge is 2.24. The predicted molar refractivity (Wildman–Crippen MR) is 106 cm³/mol. The molecule has 1 atom stereocenters. The van der Waals surface area contributed by atoms with Gasteiger partial charge in [0.05, 0.1) is 24.3 Å². The lowest BCUT2D eigenvalue weighted by molar-refractivity contribution is 0.0162. The van der Waals surface area contributed by atoms with Crippen molar-refractivity contribution in [2.24, 2.45) is 0 Å². The molecule has 2 aliphatic heterocycles. The van der Waals surface area contributed by atoms with Crippen LogP contribution in [-0.2, 0) is 4.74 Å². The van der Waals surface area contributed by atoms with E-state index in [0.29, 0.717) is 55.1 Å². The van der Waals surface area contributed by atoms with E-state index in [0.717, 1.165) is 18.7 Å². The normalized spacial score (nSPS) is 17.6. The van der Waals surface area contributed by atoms with Crippen molar-refractivity contribution in [2.45, 2.75) is 6.04 Å². The number of hydrogen-bond donors (Lipinski definition) is 1. The Morgan fingerprint density at radius 1 is 1.10 bits per heavy atom. The number of carbonyl (C=O) groups excluding carboxylic acids is 1. The van der Waals surface area contributed by atoms with Crippen molar-refractivity contribution in [1.82, 2.24) is 10.2 Å². The summed E-state index contributed by atoms with van der Waals surface area (Å²) in [6.07, 6.45) is 0. The molecule has 1 N–H and O–H groups in total. The molecular weight excluding hydrogens is 399 g/mol. The summed E-state index contributed by atoms with van der Waals surface area (Å²) < 4.78 is 29.8. The molecular formula is C21H22ClFN2O4. The topological polar surface area (TPSA) is 60.0 Å². The average Bonchev–Trinajstić information content (AvgIpc) is 2.75. The summed E-state index contributed by atoms with van der Waals surface area (Å²) in [5.74, 6) is 0.387. The lowest BCUT2D eigenvalue weighted by atomic mass is 10.0. The molecule has 0 saturated carbocycles. The molecule has 0 aliphatic carbocycles. The predicted octanol–water partition coefficient (Wildman–Crippen LogP) is 3.05. The number of nitrogens with zero attached hydrogens (tertiary/aromatic N) is 1. The van der Waals surface area contributed by atoms with Gasteiger partial charge in [0.2, 0.25) is 0 Å². The van der Waals surface area contributed by atoms with Crippen LogP contribution in [0.2, 0.25) is 5.02 Å². The van der Waals surface area contributed by atoms with Gasteiger partial charge in [0.1, 0.15) is 19.0 Å². The first kappa shape index (κ1) is 19.9. The number of hydrogen-bond acceptors (Lipinski definition) is 5. The fourth-order valence-electron chi connectivity index (χ4n) is 3.57. The van der Waals surface area contributed by atoms with E-state index in [9.17, 15) is 9.18 Å². The molecule has 0 aromatic heterocycles. The van der Waals surface area contributed by atoms with E-state index in [1.165, 1.54) is 12.1 Å². The number of nitrogens with one attached hydrogen (secondary N) is 1. The first-order chi connectivity index (χ1) is 14.1. The molecule has 2 heterocycles. The number of ether oxygens (including phenoxy) is 3. The van der Waals surface area contributed by atoms with Crippen molar-refractivity contribution in [3.63, 3.8) is 0 Å². The van der Waals surface area contributed by atoms with Crippen molar-refractivity contribution < 1.29 is 23.4 Å². The molecule has 2 aromatic carbocycles. The fraction of sp³-hybridized carbons (Fsp3) is 0.381. The second-order valence-electron chi connectivity index (χ2n) is 6.91. The second kappa shape index (κ2) is 8.98. The van der Waals surface area contributed by atoms with Crippen LogP contribution >= 0.6 is 11.6 Å². The van der Waals surface area contributed by atoms with E-state index >= 15 is 0 Å². The molecule has 29 heavy (non-hydrogen) atoms. The van der Waals surface area contributed by atoms with Gasteiger partial charge in [-0.25, -0.2) is 4.39 Å². The zero-order valence-electron chi connectivity index (χ0n) is 15.8. The average molecular weight is 421 g/mol. The third-order valence-electron chi connectivity index (χ3n) is 5.06. The van der Waals surface area contributed by atoms with Crippen LogP contribution in [-0.4, -0.2) is 56.9 Å². The molecule has 8 heteroatoms. The van der Waals surface area contributed by atoms with Gasteiger partial charge in [-0.2, -0.15) is 0 Å². The van der Waals surface area contributed by atoms with Crippen molar-refractivity contribution in [1.29, 1.82) is 0 Å². The Bertz CT molecular complexity index is 872. The maximum Gasteiger partial charge on any atom is 0.251 e. The van der Waals surface area contributed by atoms with Gasteiger partial charge in [0, 0.05) is 25.2 Å². The van der Waals surface area contributed by atoms with Gasteiger partial charge in [-0.05, 0) is 29.8 Å². The highest BCUT2D eigenvalue weighted by molar-refractivity contribution is 6.32. The molecule has 0 radical (unpaired) electrons. The Morgan fingerprint density at radius 2 is 1.83 bits per heavy atom. The lowest BCUT2D eigenvalue weighted by Crippen LogP contribution is -2.43. The van der Waals surface area contributed by atoms with E-state index in [-0.39, 0.29) is 17.8 Å². The Balaban J connectivity index is 1.50. The highest BCUT2D eigenvalue weighted by Crippen LogP contribution is 2.38. The van der Waals surface area contributed by atoms with Crippen LogP contribution in [0, 0.1) is 5.82 Å². The molecule has 0 bridgehead atoms.